The molecule has 0 aromatic rings. The second-order valence-electron chi connectivity index (χ2n) is 3.96. The number of halogens is 3. The second kappa shape index (κ2) is 4.17. The molecule has 0 spiro atoms. The van der Waals surface area contributed by atoms with Crippen LogP contribution in [0.15, 0.2) is 0 Å². The number of aliphatic carboxylic acids is 1. The second-order valence-corrected chi connectivity index (χ2v) is 3.96. The number of rotatable bonds is 3. The molecule has 0 bridgehead atoms. The van der Waals surface area contributed by atoms with Gasteiger partial charge in [0.25, 0.3) is 0 Å². The van der Waals surface area contributed by atoms with Gasteiger partial charge in [-0.1, -0.05) is 0 Å². The summed E-state index contributed by atoms with van der Waals surface area (Å²) in [6.07, 6.45) is -5.79. The summed E-state index contributed by atoms with van der Waals surface area (Å²) in [6, 6.07) is 0. The van der Waals surface area contributed by atoms with E-state index in [4.69, 9.17) is 9.84 Å². The summed E-state index contributed by atoms with van der Waals surface area (Å²) in [5, 5.41) is 8.97. The summed E-state index contributed by atoms with van der Waals surface area (Å²) in [5.74, 6) is -3.61. The molecule has 1 fully saturated rings. The van der Waals surface area contributed by atoms with Crippen LogP contribution in [-0.4, -0.2) is 53.9 Å². The molecule has 8 heteroatoms. The Hall–Kier alpha value is -1.31. The molecule has 0 heterocycles. The lowest BCUT2D eigenvalue weighted by atomic mass is 9.73. The van der Waals surface area contributed by atoms with Gasteiger partial charge in [0, 0.05) is 27.0 Å². The number of alkyl halides is 3. The van der Waals surface area contributed by atoms with E-state index in [1.165, 1.54) is 7.11 Å². The number of ether oxygens (including phenoxy) is 1. The molecule has 1 amide bonds. The summed E-state index contributed by atoms with van der Waals surface area (Å²) in [5.41, 5.74) is -1.81. The monoisotopic (exact) mass is 255 g/mol. The highest BCUT2D eigenvalue weighted by atomic mass is 19.4. The highest BCUT2D eigenvalue weighted by molar-refractivity contribution is 5.90. The van der Waals surface area contributed by atoms with Gasteiger partial charge in [-0.3, -0.25) is 4.79 Å². The topological polar surface area (TPSA) is 66.8 Å². The van der Waals surface area contributed by atoms with Gasteiger partial charge in [0.2, 0.25) is 0 Å². The number of carboxylic acids is 1. The first-order valence-electron chi connectivity index (χ1n) is 4.76. The molecule has 1 saturated carbocycles. The highest BCUT2D eigenvalue weighted by Gasteiger charge is 2.59. The van der Waals surface area contributed by atoms with Crippen LogP contribution in [0.4, 0.5) is 13.2 Å². The van der Waals surface area contributed by atoms with Crippen LogP contribution < -0.4 is 0 Å². The lowest BCUT2D eigenvalue weighted by Crippen LogP contribution is -2.66. The first kappa shape index (κ1) is 13.8. The van der Waals surface area contributed by atoms with Crippen LogP contribution in [-0.2, 0) is 14.3 Å². The van der Waals surface area contributed by atoms with Gasteiger partial charge in [-0.25, -0.2) is 4.79 Å². The van der Waals surface area contributed by atoms with Gasteiger partial charge < -0.3 is 14.7 Å². The standard InChI is InChI=1S/C9H12F3NO4/c1-13(6(14)9(10,11)12)8(7(15)16)3-5(4-8)17-2/h5H,3-4H2,1-2H3,(H,15,16). The van der Waals surface area contributed by atoms with Gasteiger partial charge >= 0.3 is 18.1 Å². The molecule has 1 N–H and O–H groups in total. The molecule has 0 atom stereocenters. The van der Waals surface area contributed by atoms with E-state index in [0.717, 1.165) is 7.05 Å². The van der Waals surface area contributed by atoms with Crippen molar-refractivity contribution in [2.45, 2.75) is 30.7 Å². The zero-order chi connectivity index (χ0) is 13.4. The highest BCUT2D eigenvalue weighted by Crippen LogP contribution is 2.40. The van der Waals surface area contributed by atoms with Crippen molar-refractivity contribution in [3.63, 3.8) is 0 Å². The largest absolute Gasteiger partial charge is 0.479 e. The maximum Gasteiger partial charge on any atom is 0.471 e. The molecule has 0 radical (unpaired) electrons. The third-order valence-electron chi connectivity index (χ3n) is 3.05. The number of carbonyl (C=O) groups is 2. The zero-order valence-electron chi connectivity index (χ0n) is 9.24. The van der Waals surface area contributed by atoms with Gasteiger partial charge in [0.05, 0.1) is 6.10 Å². The summed E-state index contributed by atoms with van der Waals surface area (Å²) >= 11 is 0. The average molecular weight is 255 g/mol. The average Bonchev–Trinajstić information content (AvgIpc) is 2.13. The number of amides is 1. The smallest absolute Gasteiger partial charge is 0.471 e. The van der Waals surface area contributed by atoms with Gasteiger partial charge in [0.15, 0.2) is 0 Å². The quantitative estimate of drug-likeness (QED) is 0.803. The number of carboxylic acid groups (broad SMARTS) is 1. The SMILES string of the molecule is COC1CC(C(=O)O)(N(C)C(=O)C(F)(F)F)C1. The third kappa shape index (κ3) is 2.21. The summed E-state index contributed by atoms with van der Waals surface area (Å²) in [4.78, 5) is 22.3. The summed E-state index contributed by atoms with van der Waals surface area (Å²) in [7, 11) is 2.18. The van der Waals surface area contributed by atoms with Crippen molar-refractivity contribution in [1.82, 2.24) is 4.90 Å². The number of carbonyl (C=O) groups excluding carboxylic acids is 1. The van der Waals surface area contributed by atoms with Gasteiger partial charge in [-0.2, -0.15) is 13.2 Å². The molecular weight excluding hydrogens is 243 g/mol. The number of hydrogen-bond donors (Lipinski definition) is 1. The van der Waals surface area contributed by atoms with E-state index in [9.17, 15) is 22.8 Å². The Bertz CT molecular complexity index is 336. The van der Waals surface area contributed by atoms with Crippen molar-refractivity contribution in [3.8, 4) is 0 Å². The molecule has 1 rings (SSSR count). The molecule has 0 aliphatic heterocycles. The van der Waals surface area contributed by atoms with Gasteiger partial charge in [-0.05, 0) is 0 Å². The summed E-state index contributed by atoms with van der Waals surface area (Å²) in [6.45, 7) is 0. The number of methoxy groups -OCH3 is 1. The minimum Gasteiger partial charge on any atom is -0.479 e. The Labute approximate surface area is 95.1 Å². The van der Waals surface area contributed by atoms with E-state index in [2.05, 4.69) is 0 Å². The van der Waals surface area contributed by atoms with E-state index in [1.807, 2.05) is 0 Å². The van der Waals surface area contributed by atoms with Gasteiger partial charge in [0.1, 0.15) is 5.54 Å². The van der Waals surface area contributed by atoms with Crippen LogP contribution in [0.1, 0.15) is 12.8 Å². The molecule has 17 heavy (non-hydrogen) atoms. The van der Waals surface area contributed by atoms with E-state index < -0.39 is 29.7 Å². The Kier molecular flexibility index (Phi) is 3.37. The molecule has 0 aromatic heterocycles. The molecule has 1 aliphatic carbocycles. The lowest BCUT2D eigenvalue weighted by molar-refractivity contribution is -0.203. The molecular formula is C9H12F3NO4. The van der Waals surface area contributed by atoms with Crippen molar-refractivity contribution in [3.05, 3.63) is 0 Å². The number of nitrogens with zero attached hydrogens (tertiary/aromatic N) is 1. The van der Waals surface area contributed by atoms with E-state index in [-0.39, 0.29) is 17.7 Å². The predicted molar refractivity (Wildman–Crippen MR) is 49.2 cm³/mol. The first-order chi connectivity index (χ1) is 7.65. The fraction of sp³-hybridized carbons (Fsp3) is 0.778. The Morgan fingerprint density at radius 2 is 1.88 bits per heavy atom. The van der Waals surface area contributed by atoms with Crippen molar-refractivity contribution in [2.75, 3.05) is 14.2 Å². The Morgan fingerprint density at radius 3 is 2.18 bits per heavy atom. The molecule has 0 unspecified atom stereocenters. The minimum absolute atomic E-state index is 0.142. The first-order valence-corrected chi connectivity index (χ1v) is 4.76. The minimum atomic E-state index is -5.07. The van der Waals surface area contributed by atoms with Crippen LogP contribution in [0.5, 0.6) is 0 Å². The molecule has 0 saturated heterocycles. The normalized spacial score (nSPS) is 28.4. The van der Waals surface area contributed by atoms with Crippen molar-refractivity contribution < 1.29 is 32.6 Å². The number of likely N-dealkylation sites (N-methyl/N-ethyl adjacent to an activating group) is 1. The maximum atomic E-state index is 12.2. The maximum absolute atomic E-state index is 12.2. The molecule has 0 aromatic carbocycles. The molecule has 98 valence electrons. The number of hydrogen-bond acceptors (Lipinski definition) is 3. The van der Waals surface area contributed by atoms with Crippen LogP contribution >= 0.6 is 0 Å². The van der Waals surface area contributed by atoms with E-state index >= 15 is 0 Å². The van der Waals surface area contributed by atoms with Crippen LogP contribution in [0.2, 0.25) is 0 Å². The van der Waals surface area contributed by atoms with Crippen molar-refractivity contribution >= 4 is 11.9 Å². The van der Waals surface area contributed by atoms with Gasteiger partial charge in [-0.15, -0.1) is 0 Å². The lowest BCUT2D eigenvalue weighted by Gasteiger charge is -2.48. The fourth-order valence-corrected chi connectivity index (χ4v) is 1.84. The van der Waals surface area contributed by atoms with E-state index in [1.54, 1.807) is 0 Å². The molecule has 1 aliphatic rings. The fourth-order valence-electron chi connectivity index (χ4n) is 1.84. The van der Waals surface area contributed by atoms with Crippen molar-refractivity contribution in [1.29, 1.82) is 0 Å². The Morgan fingerprint density at radius 1 is 1.41 bits per heavy atom. The van der Waals surface area contributed by atoms with E-state index in [0.29, 0.717) is 0 Å². The third-order valence-corrected chi connectivity index (χ3v) is 3.05. The summed E-state index contributed by atoms with van der Waals surface area (Å²) < 4.78 is 41.5. The van der Waals surface area contributed by atoms with Crippen molar-refractivity contribution in [2.24, 2.45) is 0 Å². The zero-order valence-corrected chi connectivity index (χ0v) is 9.24. The van der Waals surface area contributed by atoms with Crippen LogP contribution in [0.3, 0.4) is 0 Å². The predicted octanol–water partition coefficient (Wildman–Crippen LogP) is 0.639. The van der Waals surface area contributed by atoms with Crippen LogP contribution in [0.25, 0.3) is 0 Å². The Balaban J connectivity index is 2.88. The van der Waals surface area contributed by atoms with Crippen LogP contribution in [0, 0.1) is 0 Å². The molecule has 5 nitrogen and oxygen atoms in total.